The zero-order chi connectivity index (χ0) is 16.8. The molecule has 0 aliphatic rings. The van der Waals surface area contributed by atoms with E-state index in [9.17, 15) is 9.59 Å². The molecule has 0 radical (unpaired) electrons. The molecule has 0 saturated heterocycles. The van der Waals surface area contributed by atoms with E-state index in [1.165, 1.54) is 0 Å². The van der Waals surface area contributed by atoms with Gasteiger partial charge in [0.25, 0.3) is 5.91 Å². The summed E-state index contributed by atoms with van der Waals surface area (Å²) in [6.07, 6.45) is 0.446. The monoisotopic (exact) mass is 315 g/mol. The van der Waals surface area contributed by atoms with Gasteiger partial charge in [-0.15, -0.1) is 0 Å². The second kappa shape index (κ2) is 7.63. The van der Waals surface area contributed by atoms with Crippen molar-refractivity contribution in [3.8, 4) is 0 Å². The zero-order valence-corrected chi connectivity index (χ0v) is 13.4. The average molecular weight is 315 g/mol. The van der Waals surface area contributed by atoms with E-state index >= 15 is 0 Å². The smallest absolute Gasteiger partial charge is 0.303 e. The Kier molecular flexibility index (Phi) is 5.57. The Morgan fingerprint density at radius 2 is 1.87 bits per heavy atom. The van der Waals surface area contributed by atoms with Crippen LogP contribution in [0.1, 0.15) is 40.3 Å². The van der Waals surface area contributed by atoms with Gasteiger partial charge in [-0.25, -0.2) is 0 Å². The molecule has 122 valence electrons. The highest BCUT2D eigenvalue weighted by Gasteiger charge is 2.21. The summed E-state index contributed by atoms with van der Waals surface area (Å²) >= 11 is 0. The molecule has 0 aliphatic carbocycles. The zero-order valence-electron chi connectivity index (χ0n) is 13.4. The van der Waals surface area contributed by atoms with E-state index in [1.54, 1.807) is 11.8 Å². The number of rotatable bonds is 7. The Morgan fingerprint density at radius 3 is 2.43 bits per heavy atom. The molecule has 0 saturated carbocycles. The van der Waals surface area contributed by atoms with Crippen molar-refractivity contribution in [2.24, 2.45) is 0 Å². The van der Waals surface area contributed by atoms with E-state index in [0.29, 0.717) is 31.0 Å². The third kappa shape index (κ3) is 4.71. The number of carboxylic acids is 1. The fraction of sp³-hybridized carbons (Fsp3) is 0.333. The summed E-state index contributed by atoms with van der Waals surface area (Å²) in [5.41, 5.74) is 1.79. The molecule has 5 nitrogen and oxygen atoms in total. The van der Waals surface area contributed by atoms with Gasteiger partial charge >= 0.3 is 5.97 Å². The van der Waals surface area contributed by atoms with Gasteiger partial charge in [-0.3, -0.25) is 9.59 Å². The molecule has 23 heavy (non-hydrogen) atoms. The van der Waals surface area contributed by atoms with Crippen molar-refractivity contribution >= 4 is 11.9 Å². The number of hydrogen-bond donors (Lipinski definition) is 1. The quantitative estimate of drug-likeness (QED) is 0.850. The third-order valence-corrected chi connectivity index (χ3v) is 3.56. The SMILES string of the molecule is Cc1cc(C)c(C(=O)N(CCCC(=O)O)Cc2ccccc2)o1. The van der Waals surface area contributed by atoms with E-state index in [2.05, 4.69) is 0 Å². The van der Waals surface area contributed by atoms with E-state index < -0.39 is 5.97 Å². The van der Waals surface area contributed by atoms with Crippen LogP contribution in [0.4, 0.5) is 0 Å². The lowest BCUT2D eigenvalue weighted by atomic mass is 10.1. The number of benzene rings is 1. The summed E-state index contributed by atoms with van der Waals surface area (Å²) in [6.45, 7) is 4.44. The molecule has 0 unspecified atom stereocenters. The van der Waals surface area contributed by atoms with Gasteiger partial charge < -0.3 is 14.4 Å². The molecule has 0 atom stereocenters. The van der Waals surface area contributed by atoms with Crippen LogP contribution in [-0.4, -0.2) is 28.4 Å². The number of carboxylic acid groups (broad SMARTS) is 1. The third-order valence-electron chi connectivity index (χ3n) is 3.56. The molecule has 1 heterocycles. The van der Waals surface area contributed by atoms with Crippen molar-refractivity contribution in [1.82, 2.24) is 4.90 Å². The summed E-state index contributed by atoms with van der Waals surface area (Å²) < 4.78 is 5.51. The molecule has 1 amide bonds. The standard InChI is InChI=1S/C18H21NO4/c1-13-11-14(2)23-17(13)18(22)19(10-6-9-16(20)21)12-15-7-4-3-5-8-15/h3-5,7-8,11H,6,9-10,12H2,1-2H3,(H,20,21). The second-order valence-electron chi connectivity index (χ2n) is 5.58. The van der Waals surface area contributed by atoms with Crippen molar-refractivity contribution in [2.45, 2.75) is 33.2 Å². The molecular weight excluding hydrogens is 294 g/mol. The number of aryl methyl sites for hydroxylation is 2. The average Bonchev–Trinajstić information content (AvgIpc) is 2.85. The minimum Gasteiger partial charge on any atom is -0.481 e. The molecule has 0 aliphatic heterocycles. The molecule has 0 spiro atoms. The van der Waals surface area contributed by atoms with E-state index in [4.69, 9.17) is 9.52 Å². The van der Waals surface area contributed by atoms with Gasteiger partial charge in [-0.2, -0.15) is 0 Å². The van der Waals surface area contributed by atoms with Crippen molar-refractivity contribution < 1.29 is 19.1 Å². The Balaban J connectivity index is 2.16. The summed E-state index contributed by atoms with van der Waals surface area (Å²) in [5, 5.41) is 8.80. The molecule has 2 aromatic rings. The van der Waals surface area contributed by atoms with Gasteiger partial charge in [-0.1, -0.05) is 30.3 Å². The maximum absolute atomic E-state index is 12.7. The van der Waals surface area contributed by atoms with Crippen LogP contribution in [0.15, 0.2) is 40.8 Å². The van der Waals surface area contributed by atoms with Gasteiger partial charge in [0.15, 0.2) is 5.76 Å². The van der Waals surface area contributed by atoms with Crippen LogP contribution in [0, 0.1) is 13.8 Å². The van der Waals surface area contributed by atoms with Gasteiger partial charge in [-0.05, 0) is 31.9 Å². The molecule has 1 aromatic carbocycles. The van der Waals surface area contributed by atoms with E-state index in [-0.39, 0.29) is 12.3 Å². The first-order chi connectivity index (χ1) is 11.0. The minimum absolute atomic E-state index is 0.0364. The van der Waals surface area contributed by atoms with E-state index in [0.717, 1.165) is 11.1 Å². The largest absolute Gasteiger partial charge is 0.481 e. The van der Waals surface area contributed by atoms with Crippen LogP contribution in [0.3, 0.4) is 0 Å². The maximum atomic E-state index is 12.7. The molecule has 1 N–H and O–H groups in total. The summed E-state index contributed by atoms with van der Waals surface area (Å²) in [5.74, 6) is -0.0446. The number of amides is 1. The number of carbonyl (C=O) groups is 2. The van der Waals surface area contributed by atoms with Crippen LogP contribution in [0.2, 0.25) is 0 Å². The lowest BCUT2D eigenvalue weighted by Crippen LogP contribution is -2.32. The Labute approximate surface area is 135 Å². The first-order valence-corrected chi connectivity index (χ1v) is 7.59. The lowest BCUT2D eigenvalue weighted by Gasteiger charge is -2.22. The maximum Gasteiger partial charge on any atom is 0.303 e. The fourth-order valence-electron chi connectivity index (χ4n) is 2.47. The number of furan rings is 1. The topological polar surface area (TPSA) is 70.8 Å². The van der Waals surface area contributed by atoms with Crippen LogP contribution >= 0.6 is 0 Å². The van der Waals surface area contributed by atoms with Crippen molar-refractivity contribution in [1.29, 1.82) is 0 Å². The van der Waals surface area contributed by atoms with Gasteiger partial charge in [0, 0.05) is 25.1 Å². The van der Waals surface area contributed by atoms with Crippen molar-refractivity contribution in [2.75, 3.05) is 6.54 Å². The number of aliphatic carboxylic acids is 1. The predicted octanol–water partition coefficient (Wildman–Crippen LogP) is 3.40. The van der Waals surface area contributed by atoms with E-state index in [1.807, 2.05) is 43.3 Å². The lowest BCUT2D eigenvalue weighted by molar-refractivity contribution is -0.137. The molecule has 5 heteroatoms. The molecule has 1 aromatic heterocycles. The predicted molar refractivity (Wildman–Crippen MR) is 86.2 cm³/mol. The molecule has 0 fully saturated rings. The summed E-state index contributed by atoms with van der Waals surface area (Å²) in [6, 6.07) is 11.5. The molecular formula is C18H21NO4. The Bertz CT molecular complexity index is 676. The highest BCUT2D eigenvalue weighted by Crippen LogP contribution is 2.18. The first-order valence-electron chi connectivity index (χ1n) is 7.59. The molecule has 2 rings (SSSR count). The number of carbonyl (C=O) groups excluding carboxylic acids is 1. The van der Waals surface area contributed by atoms with Crippen LogP contribution in [-0.2, 0) is 11.3 Å². The first kappa shape index (κ1) is 16.8. The van der Waals surface area contributed by atoms with Gasteiger partial charge in [0.1, 0.15) is 5.76 Å². The van der Waals surface area contributed by atoms with Crippen LogP contribution in [0.25, 0.3) is 0 Å². The molecule has 0 bridgehead atoms. The minimum atomic E-state index is -0.859. The Morgan fingerprint density at radius 1 is 1.17 bits per heavy atom. The van der Waals surface area contributed by atoms with Crippen LogP contribution in [0.5, 0.6) is 0 Å². The highest BCUT2D eigenvalue weighted by molar-refractivity contribution is 5.93. The second-order valence-corrected chi connectivity index (χ2v) is 5.58. The summed E-state index contributed by atoms with van der Waals surface area (Å²) in [7, 11) is 0. The van der Waals surface area contributed by atoms with Crippen molar-refractivity contribution in [3.05, 3.63) is 59.0 Å². The number of hydrogen-bond acceptors (Lipinski definition) is 3. The summed E-state index contributed by atoms with van der Waals surface area (Å²) in [4.78, 5) is 25.1. The van der Waals surface area contributed by atoms with Crippen molar-refractivity contribution in [3.63, 3.8) is 0 Å². The normalized spacial score (nSPS) is 10.5. The fourth-order valence-corrected chi connectivity index (χ4v) is 2.47. The van der Waals surface area contributed by atoms with Gasteiger partial charge in [0.05, 0.1) is 0 Å². The number of nitrogens with zero attached hydrogens (tertiary/aromatic N) is 1. The highest BCUT2D eigenvalue weighted by atomic mass is 16.4. The Hall–Kier alpha value is -2.56. The van der Waals surface area contributed by atoms with Crippen LogP contribution < -0.4 is 0 Å². The van der Waals surface area contributed by atoms with Gasteiger partial charge in [0.2, 0.25) is 0 Å².